The van der Waals surface area contributed by atoms with Crippen LogP contribution in [0.2, 0.25) is 0 Å². The van der Waals surface area contributed by atoms with E-state index in [0.717, 1.165) is 24.1 Å². The van der Waals surface area contributed by atoms with Gasteiger partial charge in [-0.1, -0.05) is 25.0 Å². The monoisotopic (exact) mass is 242 g/mol. The van der Waals surface area contributed by atoms with E-state index in [0.29, 0.717) is 12.8 Å². The summed E-state index contributed by atoms with van der Waals surface area (Å²) in [5.41, 5.74) is 1.18. The van der Waals surface area contributed by atoms with Gasteiger partial charge in [-0.05, 0) is 37.5 Å². The average molecular weight is 242 g/mol. The molecule has 0 atom stereocenters. The summed E-state index contributed by atoms with van der Waals surface area (Å²) in [6, 6.07) is 10.1. The number of nitriles is 1. The highest BCUT2D eigenvalue weighted by atomic mass is 16.2. The summed E-state index contributed by atoms with van der Waals surface area (Å²) >= 11 is 0. The topological polar surface area (TPSA) is 44.1 Å². The lowest BCUT2D eigenvalue weighted by molar-refractivity contribution is -0.124. The first-order chi connectivity index (χ1) is 8.59. The first-order valence-electron chi connectivity index (χ1n) is 6.35. The zero-order chi connectivity index (χ0) is 13.2. The number of benzene rings is 1. The molecule has 0 N–H and O–H groups in total. The summed E-state index contributed by atoms with van der Waals surface area (Å²) in [4.78, 5) is 14.1. The van der Waals surface area contributed by atoms with E-state index < -0.39 is 5.41 Å². The van der Waals surface area contributed by atoms with Crippen LogP contribution in [0.5, 0.6) is 0 Å². The van der Waals surface area contributed by atoms with Gasteiger partial charge in [0.25, 0.3) is 0 Å². The smallest absolute Gasteiger partial charge is 0.247 e. The molecule has 0 saturated heterocycles. The Bertz CT molecular complexity index is 495. The van der Waals surface area contributed by atoms with E-state index in [2.05, 4.69) is 6.07 Å². The second-order valence-corrected chi connectivity index (χ2v) is 5.10. The molecule has 1 fully saturated rings. The number of nitrogens with zero attached hydrogens (tertiary/aromatic N) is 2. The molecular formula is C15H18N2O. The number of amides is 1. The highest BCUT2D eigenvalue weighted by Crippen LogP contribution is 2.39. The number of hydrogen-bond acceptors (Lipinski definition) is 2. The van der Waals surface area contributed by atoms with E-state index >= 15 is 0 Å². The Morgan fingerprint density at radius 2 is 2.06 bits per heavy atom. The molecule has 0 unspecified atom stereocenters. The highest BCUT2D eigenvalue weighted by molar-refractivity contribution is 5.99. The van der Waals surface area contributed by atoms with Crippen molar-refractivity contribution in [1.29, 1.82) is 5.26 Å². The Labute approximate surface area is 108 Å². The van der Waals surface area contributed by atoms with Crippen LogP contribution in [0.3, 0.4) is 0 Å². The Hall–Kier alpha value is -1.82. The number of aryl methyl sites for hydroxylation is 1. The molecule has 1 saturated carbocycles. The van der Waals surface area contributed by atoms with Crippen molar-refractivity contribution in [3.63, 3.8) is 0 Å². The van der Waals surface area contributed by atoms with Crippen LogP contribution in [0.4, 0.5) is 5.69 Å². The zero-order valence-electron chi connectivity index (χ0n) is 10.9. The lowest BCUT2D eigenvalue weighted by atomic mass is 9.86. The minimum atomic E-state index is -0.793. The molecule has 94 valence electrons. The predicted molar refractivity (Wildman–Crippen MR) is 71.1 cm³/mol. The molecule has 1 aromatic carbocycles. The fourth-order valence-electron chi connectivity index (χ4n) is 2.63. The van der Waals surface area contributed by atoms with Gasteiger partial charge in [0.2, 0.25) is 5.91 Å². The van der Waals surface area contributed by atoms with Crippen LogP contribution in [0.25, 0.3) is 0 Å². The average Bonchev–Trinajstić information content (AvgIpc) is 2.87. The normalized spacial score (nSPS) is 17.2. The lowest BCUT2D eigenvalue weighted by Crippen LogP contribution is -2.39. The van der Waals surface area contributed by atoms with Gasteiger partial charge in [-0.25, -0.2) is 0 Å². The van der Waals surface area contributed by atoms with Crippen molar-refractivity contribution in [2.45, 2.75) is 32.6 Å². The van der Waals surface area contributed by atoms with Crippen molar-refractivity contribution < 1.29 is 4.79 Å². The molecule has 0 aliphatic heterocycles. The number of anilines is 1. The first-order valence-corrected chi connectivity index (χ1v) is 6.35. The maximum Gasteiger partial charge on any atom is 0.247 e. The number of carbonyl (C=O) groups is 1. The largest absolute Gasteiger partial charge is 0.314 e. The van der Waals surface area contributed by atoms with Gasteiger partial charge in [0.05, 0.1) is 6.07 Å². The maximum atomic E-state index is 12.5. The van der Waals surface area contributed by atoms with Gasteiger partial charge >= 0.3 is 0 Å². The van der Waals surface area contributed by atoms with Crippen molar-refractivity contribution >= 4 is 11.6 Å². The minimum absolute atomic E-state index is 0.0619. The van der Waals surface area contributed by atoms with Gasteiger partial charge in [-0.2, -0.15) is 5.26 Å². The fourth-order valence-corrected chi connectivity index (χ4v) is 2.63. The summed E-state index contributed by atoms with van der Waals surface area (Å²) in [6.45, 7) is 2.00. The third-order valence-corrected chi connectivity index (χ3v) is 3.77. The lowest BCUT2D eigenvalue weighted by Gasteiger charge is -2.26. The maximum absolute atomic E-state index is 12.5. The van der Waals surface area contributed by atoms with E-state index in [-0.39, 0.29) is 5.91 Å². The van der Waals surface area contributed by atoms with E-state index in [1.54, 1.807) is 11.9 Å². The Balaban J connectivity index is 2.26. The quantitative estimate of drug-likeness (QED) is 0.800. The molecule has 0 bridgehead atoms. The minimum Gasteiger partial charge on any atom is -0.314 e. The molecule has 3 nitrogen and oxygen atoms in total. The molecule has 3 heteroatoms. The molecule has 0 aromatic heterocycles. The van der Waals surface area contributed by atoms with Crippen LogP contribution >= 0.6 is 0 Å². The zero-order valence-corrected chi connectivity index (χ0v) is 10.9. The molecule has 0 radical (unpaired) electrons. The number of hydrogen-bond donors (Lipinski definition) is 0. The molecule has 18 heavy (non-hydrogen) atoms. The molecule has 2 rings (SSSR count). The van der Waals surface area contributed by atoms with Crippen molar-refractivity contribution in [2.75, 3.05) is 11.9 Å². The summed E-state index contributed by atoms with van der Waals surface area (Å²) in [5, 5.41) is 9.34. The van der Waals surface area contributed by atoms with Crippen LogP contribution in [-0.4, -0.2) is 13.0 Å². The van der Waals surface area contributed by atoms with Crippen molar-refractivity contribution in [3.8, 4) is 6.07 Å². The van der Waals surface area contributed by atoms with Crippen LogP contribution in [-0.2, 0) is 4.79 Å². The number of carbonyl (C=O) groups excluding carboxylic acids is 1. The molecular weight excluding hydrogens is 224 g/mol. The molecule has 1 aliphatic rings. The van der Waals surface area contributed by atoms with E-state index in [1.807, 2.05) is 31.2 Å². The Morgan fingerprint density at radius 3 is 2.61 bits per heavy atom. The van der Waals surface area contributed by atoms with Crippen molar-refractivity contribution in [3.05, 3.63) is 29.8 Å². The highest BCUT2D eigenvalue weighted by Gasteiger charge is 2.43. The Kier molecular flexibility index (Phi) is 3.38. The van der Waals surface area contributed by atoms with E-state index in [1.165, 1.54) is 0 Å². The molecule has 1 aliphatic carbocycles. The van der Waals surface area contributed by atoms with Crippen LogP contribution in [0.15, 0.2) is 24.3 Å². The SMILES string of the molecule is Cc1cccc(N(C)C(=O)C2(C#N)CCCC2)c1. The van der Waals surface area contributed by atoms with Crippen molar-refractivity contribution in [2.24, 2.45) is 5.41 Å². The number of rotatable bonds is 2. The molecule has 1 amide bonds. The van der Waals surface area contributed by atoms with Gasteiger partial charge in [-0.3, -0.25) is 4.79 Å². The molecule has 1 aromatic rings. The van der Waals surface area contributed by atoms with Crippen molar-refractivity contribution in [1.82, 2.24) is 0 Å². The molecule has 0 heterocycles. The molecule has 0 spiro atoms. The summed E-state index contributed by atoms with van der Waals surface area (Å²) in [5.74, 6) is -0.0619. The third kappa shape index (κ3) is 2.11. The van der Waals surface area contributed by atoms with Gasteiger partial charge < -0.3 is 4.90 Å². The summed E-state index contributed by atoms with van der Waals surface area (Å²) < 4.78 is 0. The van der Waals surface area contributed by atoms with Gasteiger partial charge in [-0.15, -0.1) is 0 Å². The van der Waals surface area contributed by atoms with Gasteiger partial charge in [0.1, 0.15) is 5.41 Å². The van der Waals surface area contributed by atoms with Crippen LogP contribution in [0.1, 0.15) is 31.2 Å². The van der Waals surface area contributed by atoms with E-state index in [9.17, 15) is 10.1 Å². The predicted octanol–water partition coefficient (Wildman–Crippen LogP) is 3.04. The standard InChI is InChI=1S/C15H18N2O/c1-12-6-5-7-13(10-12)17(2)14(18)15(11-16)8-3-4-9-15/h5-7,10H,3-4,8-9H2,1-2H3. The second-order valence-electron chi connectivity index (χ2n) is 5.10. The second kappa shape index (κ2) is 4.81. The first kappa shape index (κ1) is 12.6. The third-order valence-electron chi connectivity index (χ3n) is 3.77. The van der Waals surface area contributed by atoms with Crippen LogP contribution in [0, 0.1) is 23.7 Å². The van der Waals surface area contributed by atoms with Gasteiger partial charge in [0.15, 0.2) is 0 Å². The van der Waals surface area contributed by atoms with Gasteiger partial charge in [0, 0.05) is 12.7 Å². The Morgan fingerprint density at radius 1 is 1.39 bits per heavy atom. The summed E-state index contributed by atoms with van der Waals surface area (Å²) in [7, 11) is 1.76. The van der Waals surface area contributed by atoms with E-state index in [4.69, 9.17) is 0 Å². The summed E-state index contributed by atoms with van der Waals surface area (Å²) in [6.07, 6.45) is 3.33. The fraction of sp³-hybridized carbons (Fsp3) is 0.467. The van der Waals surface area contributed by atoms with Crippen LogP contribution < -0.4 is 4.90 Å².